The molecule has 1 aliphatic carbocycles. The molecule has 1 aliphatic rings. The van der Waals surface area contributed by atoms with Crippen LogP contribution in [0.2, 0.25) is 0 Å². The largest absolute Gasteiger partial charge is 0.439 e. The minimum Gasteiger partial charge on any atom is -0.439 e. The van der Waals surface area contributed by atoms with Crippen LogP contribution in [0.15, 0.2) is 12.7 Å². The number of rotatable bonds is 2. The summed E-state index contributed by atoms with van der Waals surface area (Å²) in [5.41, 5.74) is 4.51. The Bertz CT molecular complexity index is 183. The summed E-state index contributed by atoms with van der Waals surface area (Å²) in [6.45, 7) is 3.68. The first-order chi connectivity index (χ1) is 5.68. The topological polar surface area (TPSA) is 52.3 Å². The summed E-state index contributed by atoms with van der Waals surface area (Å²) >= 11 is 0. The van der Waals surface area contributed by atoms with Crippen LogP contribution in [0, 0.1) is 0 Å². The zero-order valence-corrected chi connectivity index (χ0v) is 7.21. The number of hydrogen-bond donors (Lipinski definition) is 1. The average Bonchev–Trinajstić information content (AvgIpc) is 2.05. The molecule has 0 radical (unpaired) electrons. The monoisotopic (exact) mass is 169 g/mol. The lowest BCUT2D eigenvalue weighted by Gasteiger charge is -2.32. The zero-order chi connectivity index (χ0) is 9.03. The van der Waals surface area contributed by atoms with E-state index in [1.54, 1.807) is 6.08 Å². The van der Waals surface area contributed by atoms with Crippen molar-refractivity contribution < 1.29 is 9.53 Å². The van der Waals surface area contributed by atoms with Crippen molar-refractivity contribution in [2.24, 2.45) is 5.73 Å². The highest BCUT2D eigenvalue weighted by atomic mass is 16.6. The summed E-state index contributed by atoms with van der Waals surface area (Å²) in [7, 11) is 0. The molecule has 0 heterocycles. The molecule has 0 unspecified atom stereocenters. The van der Waals surface area contributed by atoms with Gasteiger partial charge < -0.3 is 10.5 Å². The number of ether oxygens (including phenoxy) is 1. The first kappa shape index (κ1) is 9.10. The molecule has 0 bridgehead atoms. The lowest BCUT2D eigenvalue weighted by atomic mass is 9.85. The van der Waals surface area contributed by atoms with Gasteiger partial charge in [-0.1, -0.05) is 13.0 Å². The van der Waals surface area contributed by atoms with Crippen LogP contribution in [0.5, 0.6) is 0 Å². The van der Waals surface area contributed by atoms with Crippen LogP contribution in [-0.4, -0.2) is 11.7 Å². The quantitative estimate of drug-likeness (QED) is 0.642. The molecule has 1 saturated carbocycles. The molecule has 1 amide bonds. The molecule has 1 rings (SSSR count). The highest BCUT2D eigenvalue weighted by Crippen LogP contribution is 2.32. The van der Waals surface area contributed by atoms with Crippen LogP contribution in [0.1, 0.15) is 32.1 Å². The van der Waals surface area contributed by atoms with Crippen molar-refractivity contribution >= 4 is 6.09 Å². The fourth-order valence-corrected chi connectivity index (χ4v) is 1.70. The van der Waals surface area contributed by atoms with E-state index in [0.29, 0.717) is 0 Å². The van der Waals surface area contributed by atoms with E-state index in [1.807, 2.05) is 0 Å². The normalized spacial score (nSPS) is 21.3. The van der Waals surface area contributed by atoms with E-state index < -0.39 is 11.7 Å². The van der Waals surface area contributed by atoms with E-state index >= 15 is 0 Å². The second kappa shape index (κ2) is 3.61. The predicted octanol–water partition coefficient (Wildman–Crippen LogP) is 1.97. The third-order valence-electron chi connectivity index (χ3n) is 2.38. The maximum atomic E-state index is 10.6. The van der Waals surface area contributed by atoms with Crippen molar-refractivity contribution in [2.45, 2.75) is 37.7 Å². The van der Waals surface area contributed by atoms with Crippen LogP contribution in [0.3, 0.4) is 0 Å². The molecule has 12 heavy (non-hydrogen) atoms. The molecule has 0 aromatic heterocycles. The number of hydrogen-bond acceptors (Lipinski definition) is 2. The Kier molecular flexibility index (Phi) is 2.74. The Labute approximate surface area is 72.6 Å². The summed E-state index contributed by atoms with van der Waals surface area (Å²) in [5, 5.41) is 0. The molecule has 0 spiro atoms. The van der Waals surface area contributed by atoms with Crippen molar-refractivity contribution in [1.82, 2.24) is 0 Å². The second-order valence-corrected chi connectivity index (χ2v) is 3.25. The van der Waals surface area contributed by atoms with Gasteiger partial charge >= 0.3 is 6.09 Å². The molecule has 0 atom stereocenters. The fourth-order valence-electron chi connectivity index (χ4n) is 1.70. The molecule has 3 nitrogen and oxygen atoms in total. The van der Waals surface area contributed by atoms with Gasteiger partial charge in [0, 0.05) is 0 Å². The van der Waals surface area contributed by atoms with Crippen LogP contribution in [0.4, 0.5) is 4.79 Å². The first-order valence-corrected chi connectivity index (χ1v) is 4.31. The third kappa shape index (κ3) is 2.00. The second-order valence-electron chi connectivity index (χ2n) is 3.25. The van der Waals surface area contributed by atoms with Crippen LogP contribution in [0.25, 0.3) is 0 Å². The van der Waals surface area contributed by atoms with Gasteiger partial charge in [-0.05, 0) is 31.8 Å². The number of carbonyl (C=O) groups excluding carboxylic acids is 1. The smallest absolute Gasteiger partial charge is 0.405 e. The van der Waals surface area contributed by atoms with E-state index in [0.717, 1.165) is 25.7 Å². The van der Waals surface area contributed by atoms with E-state index in [4.69, 9.17) is 10.5 Å². The molecule has 0 aliphatic heterocycles. The van der Waals surface area contributed by atoms with Gasteiger partial charge in [0.15, 0.2) is 0 Å². The summed E-state index contributed by atoms with van der Waals surface area (Å²) in [4.78, 5) is 10.6. The SMILES string of the molecule is C=CC1(OC(N)=O)CCCCC1. The van der Waals surface area contributed by atoms with Crippen molar-refractivity contribution in [3.05, 3.63) is 12.7 Å². The van der Waals surface area contributed by atoms with Crippen LogP contribution < -0.4 is 5.73 Å². The highest BCUT2D eigenvalue weighted by molar-refractivity contribution is 5.65. The van der Waals surface area contributed by atoms with Crippen molar-refractivity contribution in [3.63, 3.8) is 0 Å². The van der Waals surface area contributed by atoms with E-state index in [-0.39, 0.29) is 0 Å². The lowest BCUT2D eigenvalue weighted by molar-refractivity contribution is 0.0262. The maximum absolute atomic E-state index is 10.6. The maximum Gasteiger partial charge on any atom is 0.405 e. The molecule has 3 heteroatoms. The van der Waals surface area contributed by atoms with Crippen LogP contribution >= 0.6 is 0 Å². The molecule has 0 aromatic carbocycles. The molecule has 1 fully saturated rings. The van der Waals surface area contributed by atoms with Gasteiger partial charge in [0.05, 0.1) is 0 Å². The highest BCUT2D eigenvalue weighted by Gasteiger charge is 2.31. The molecule has 0 saturated heterocycles. The molecule has 2 N–H and O–H groups in total. The lowest BCUT2D eigenvalue weighted by Crippen LogP contribution is -2.36. The van der Waals surface area contributed by atoms with Gasteiger partial charge in [0.25, 0.3) is 0 Å². The van der Waals surface area contributed by atoms with Gasteiger partial charge in [0.1, 0.15) is 5.60 Å². The Morgan fingerprint density at radius 2 is 2.00 bits per heavy atom. The van der Waals surface area contributed by atoms with Crippen molar-refractivity contribution in [2.75, 3.05) is 0 Å². The third-order valence-corrected chi connectivity index (χ3v) is 2.38. The Balaban J connectivity index is 2.59. The Morgan fingerprint density at radius 1 is 1.42 bits per heavy atom. The van der Waals surface area contributed by atoms with E-state index in [2.05, 4.69) is 6.58 Å². The summed E-state index contributed by atoms with van der Waals surface area (Å²) < 4.78 is 5.05. The predicted molar refractivity (Wildman–Crippen MR) is 46.7 cm³/mol. The molecule has 0 aromatic rings. The average molecular weight is 169 g/mol. The van der Waals surface area contributed by atoms with Crippen LogP contribution in [-0.2, 0) is 4.74 Å². The molecule has 68 valence electrons. The zero-order valence-electron chi connectivity index (χ0n) is 7.21. The van der Waals surface area contributed by atoms with Gasteiger partial charge in [-0.15, -0.1) is 0 Å². The Morgan fingerprint density at radius 3 is 2.42 bits per heavy atom. The fraction of sp³-hybridized carbons (Fsp3) is 0.667. The number of nitrogens with two attached hydrogens (primary N) is 1. The minimum absolute atomic E-state index is 0.468. The number of amides is 1. The first-order valence-electron chi connectivity index (χ1n) is 4.31. The summed E-state index contributed by atoms with van der Waals surface area (Å²) in [6.07, 6.45) is 6.10. The van der Waals surface area contributed by atoms with Crippen molar-refractivity contribution in [1.29, 1.82) is 0 Å². The minimum atomic E-state index is -0.697. The summed E-state index contributed by atoms with van der Waals surface area (Å²) in [6, 6.07) is 0. The van der Waals surface area contributed by atoms with E-state index in [9.17, 15) is 4.79 Å². The standard InChI is InChI=1S/C9H15NO2/c1-2-9(12-8(10)11)6-4-3-5-7-9/h2H,1,3-7H2,(H2,10,11). The molecular formula is C9H15NO2. The van der Waals surface area contributed by atoms with Gasteiger partial charge in [-0.25, -0.2) is 4.79 Å². The number of primary amides is 1. The van der Waals surface area contributed by atoms with Gasteiger partial charge in [-0.3, -0.25) is 0 Å². The number of carbonyl (C=O) groups is 1. The van der Waals surface area contributed by atoms with E-state index in [1.165, 1.54) is 6.42 Å². The van der Waals surface area contributed by atoms with Gasteiger partial charge in [0.2, 0.25) is 0 Å². The molecular weight excluding hydrogens is 154 g/mol. The Hall–Kier alpha value is -0.990. The van der Waals surface area contributed by atoms with Crippen molar-refractivity contribution in [3.8, 4) is 0 Å². The summed E-state index contributed by atoms with van der Waals surface area (Å²) in [5.74, 6) is 0. The van der Waals surface area contributed by atoms with Gasteiger partial charge in [-0.2, -0.15) is 0 Å².